The molecule has 2 unspecified atom stereocenters. The first kappa shape index (κ1) is 14.8. The molecule has 22 heavy (non-hydrogen) atoms. The summed E-state index contributed by atoms with van der Waals surface area (Å²) in [6, 6.07) is 5.82. The van der Waals surface area contributed by atoms with Crippen molar-refractivity contribution in [2.24, 2.45) is 0 Å². The summed E-state index contributed by atoms with van der Waals surface area (Å²) in [7, 11) is 0. The number of benzene rings is 1. The Morgan fingerprint density at radius 1 is 1.23 bits per heavy atom. The second-order valence-corrected chi connectivity index (χ2v) is 5.42. The van der Waals surface area contributed by atoms with Gasteiger partial charge in [-0.1, -0.05) is 19.1 Å². The van der Waals surface area contributed by atoms with Crippen LogP contribution >= 0.6 is 0 Å². The van der Waals surface area contributed by atoms with Crippen molar-refractivity contribution in [1.82, 2.24) is 9.97 Å². The van der Waals surface area contributed by atoms with Gasteiger partial charge in [-0.05, 0) is 30.5 Å². The van der Waals surface area contributed by atoms with Crippen LogP contribution < -0.4 is 4.90 Å². The van der Waals surface area contributed by atoms with E-state index in [9.17, 15) is 13.9 Å². The van der Waals surface area contributed by atoms with Crippen molar-refractivity contribution in [2.75, 3.05) is 11.4 Å². The van der Waals surface area contributed by atoms with E-state index in [-0.39, 0.29) is 17.7 Å². The minimum atomic E-state index is -0.575. The molecule has 2 atom stereocenters. The molecule has 1 N–H and O–H groups in total. The smallest absolute Gasteiger partial charge is 0.187 e. The molecule has 1 aromatic heterocycles. The van der Waals surface area contributed by atoms with Crippen LogP contribution in [-0.4, -0.2) is 27.7 Å². The molecule has 116 valence electrons. The molecule has 2 heterocycles. The predicted molar refractivity (Wildman–Crippen MR) is 78.5 cm³/mol. The molecule has 6 heteroatoms. The monoisotopic (exact) mass is 305 g/mol. The lowest BCUT2D eigenvalue weighted by molar-refractivity contribution is 0.194. The zero-order valence-corrected chi connectivity index (χ0v) is 12.2. The number of nitrogens with zero attached hydrogens (tertiary/aromatic N) is 3. The van der Waals surface area contributed by atoms with E-state index in [0.717, 1.165) is 5.56 Å². The fourth-order valence-electron chi connectivity index (χ4n) is 2.89. The summed E-state index contributed by atoms with van der Waals surface area (Å²) >= 11 is 0. The minimum Gasteiger partial charge on any atom is -0.391 e. The maximum Gasteiger partial charge on any atom is 0.187 e. The maximum absolute atomic E-state index is 14.5. The van der Waals surface area contributed by atoms with E-state index < -0.39 is 11.9 Å². The largest absolute Gasteiger partial charge is 0.391 e. The lowest BCUT2D eigenvalue weighted by Gasteiger charge is -2.26. The molecular weight excluding hydrogens is 288 g/mol. The second kappa shape index (κ2) is 5.96. The van der Waals surface area contributed by atoms with Crippen molar-refractivity contribution >= 4 is 5.82 Å². The third kappa shape index (κ3) is 2.66. The lowest BCUT2D eigenvalue weighted by atomic mass is 10.0. The van der Waals surface area contributed by atoms with E-state index in [1.165, 1.54) is 18.5 Å². The van der Waals surface area contributed by atoms with E-state index in [1.54, 1.807) is 17.0 Å². The van der Waals surface area contributed by atoms with Gasteiger partial charge in [-0.2, -0.15) is 0 Å². The molecule has 0 aliphatic carbocycles. The van der Waals surface area contributed by atoms with Gasteiger partial charge in [0, 0.05) is 6.54 Å². The van der Waals surface area contributed by atoms with Gasteiger partial charge in [0.05, 0.1) is 17.8 Å². The third-order valence-corrected chi connectivity index (χ3v) is 3.98. The van der Waals surface area contributed by atoms with Crippen molar-refractivity contribution in [1.29, 1.82) is 0 Å². The molecule has 0 spiro atoms. The Morgan fingerprint density at radius 3 is 2.64 bits per heavy atom. The molecule has 1 aliphatic rings. The van der Waals surface area contributed by atoms with E-state index in [2.05, 4.69) is 9.97 Å². The van der Waals surface area contributed by atoms with Gasteiger partial charge >= 0.3 is 0 Å². The molecule has 4 nitrogen and oxygen atoms in total. The number of β-amino-alcohol motifs (C(OH)–C–C–N with tert-alkyl or cyclic N) is 1. The average molecular weight is 305 g/mol. The molecule has 2 aromatic rings. The fraction of sp³-hybridized carbons (Fsp3) is 0.375. The fourth-order valence-corrected chi connectivity index (χ4v) is 2.89. The number of rotatable bonds is 3. The highest BCUT2D eigenvalue weighted by atomic mass is 19.1. The first-order valence-electron chi connectivity index (χ1n) is 7.29. The number of aryl methyl sites for hydroxylation is 1. The number of aliphatic hydroxyl groups is 1. The summed E-state index contributed by atoms with van der Waals surface area (Å²) in [6.45, 7) is 2.12. The molecule has 1 saturated heterocycles. The molecule has 1 aliphatic heterocycles. The van der Waals surface area contributed by atoms with E-state index in [4.69, 9.17) is 0 Å². The predicted octanol–water partition coefficient (Wildman–Crippen LogP) is 2.63. The summed E-state index contributed by atoms with van der Waals surface area (Å²) < 4.78 is 27.6. The second-order valence-electron chi connectivity index (χ2n) is 5.42. The number of aliphatic hydroxyl groups excluding tert-OH is 1. The van der Waals surface area contributed by atoms with E-state index in [1.807, 2.05) is 6.92 Å². The van der Waals surface area contributed by atoms with Crippen LogP contribution in [0, 0.1) is 11.6 Å². The van der Waals surface area contributed by atoms with Crippen molar-refractivity contribution in [2.45, 2.75) is 31.9 Å². The topological polar surface area (TPSA) is 49.2 Å². The summed E-state index contributed by atoms with van der Waals surface area (Å²) in [4.78, 5) is 9.71. The van der Waals surface area contributed by atoms with Crippen molar-refractivity contribution in [3.8, 4) is 0 Å². The van der Waals surface area contributed by atoms with Gasteiger partial charge in [0.2, 0.25) is 0 Å². The van der Waals surface area contributed by atoms with Crippen LogP contribution in [0.25, 0.3) is 0 Å². The highest BCUT2D eigenvalue weighted by Gasteiger charge is 2.34. The molecule has 0 amide bonds. The zero-order chi connectivity index (χ0) is 15.7. The molecule has 1 fully saturated rings. The molecular formula is C16H17F2N3O. The maximum atomic E-state index is 14.5. The van der Waals surface area contributed by atoms with Crippen molar-refractivity contribution in [3.05, 3.63) is 53.5 Å². The van der Waals surface area contributed by atoms with Gasteiger partial charge < -0.3 is 10.0 Å². The van der Waals surface area contributed by atoms with E-state index in [0.29, 0.717) is 25.1 Å². The first-order valence-corrected chi connectivity index (χ1v) is 7.29. The van der Waals surface area contributed by atoms with Crippen LogP contribution in [0.4, 0.5) is 14.6 Å². The number of hydrogen-bond donors (Lipinski definition) is 1. The number of anilines is 1. The minimum absolute atomic E-state index is 0.192. The number of halogens is 2. The molecule has 3 rings (SSSR count). The van der Waals surface area contributed by atoms with Crippen LogP contribution in [0.3, 0.4) is 0 Å². The Morgan fingerprint density at radius 2 is 1.95 bits per heavy atom. The van der Waals surface area contributed by atoms with Crippen LogP contribution in [-0.2, 0) is 6.42 Å². The third-order valence-electron chi connectivity index (χ3n) is 3.98. The Bertz CT molecular complexity index is 663. The highest BCUT2D eigenvalue weighted by molar-refractivity contribution is 5.46. The van der Waals surface area contributed by atoms with Gasteiger partial charge in [-0.3, -0.25) is 0 Å². The lowest BCUT2D eigenvalue weighted by Crippen LogP contribution is -2.27. The SMILES string of the molecule is CCc1ncnc(N2CC(O)CC2c2ccc(F)cc2)c1F. The van der Waals surface area contributed by atoms with Gasteiger partial charge in [-0.15, -0.1) is 0 Å². The van der Waals surface area contributed by atoms with Gasteiger partial charge in [0.15, 0.2) is 11.6 Å². The Hall–Kier alpha value is -2.08. The molecule has 0 radical (unpaired) electrons. The normalized spacial score (nSPS) is 21.4. The number of hydrogen-bond acceptors (Lipinski definition) is 4. The molecule has 0 bridgehead atoms. The van der Waals surface area contributed by atoms with Crippen molar-refractivity contribution in [3.63, 3.8) is 0 Å². The van der Waals surface area contributed by atoms with Gasteiger partial charge in [0.25, 0.3) is 0 Å². The summed E-state index contributed by atoms with van der Waals surface area (Å²) in [5, 5.41) is 9.98. The first-order chi connectivity index (χ1) is 10.6. The van der Waals surface area contributed by atoms with Gasteiger partial charge in [0.1, 0.15) is 12.1 Å². The highest BCUT2D eigenvalue weighted by Crippen LogP contribution is 2.36. The standard InChI is InChI=1S/C16H17F2N3O/c1-2-13-15(18)16(20-9-19-13)21-8-12(22)7-14(21)10-3-5-11(17)6-4-10/h3-6,9,12,14,22H,2,7-8H2,1H3. The van der Waals surface area contributed by atoms with Crippen LogP contribution in [0.15, 0.2) is 30.6 Å². The number of aromatic nitrogens is 2. The Kier molecular flexibility index (Phi) is 4.02. The van der Waals surface area contributed by atoms with Crippen molar-refractivity contribution < 1.29 is 13.9 Å². The van der Waals surface area contributed by atoms with Gasteiger partial charge in [-0.25, -0.2) is 18.7 Å². The summed E-state index contributed by atoms with van der Waals surface area (Å²) in [5.41, 5.74) is 1.18. The van der Waals surface area contributed by atoms with Crippen LogP contribution in [0.2, 0.25) is 0 Å². The van der Waals surface area contributed by atoms with Crippen LogP contribution in [0.5, 0.6) is 0 Å². The zero-order valence-electron chi connectivity index (χ0n) is 12.2. The summed E-state index contributed by atoms with van der Waals surface area (Å²) in [5.74, 6) is -0.584. The molecule has 0 saturated carbocycles. The molecule has 1 aromatic carbocycles. The average Bonchev–Trinajstić information content (AvgIpc) is 2.90. The van der Waals surface area contributed by atoms with E-state index >= 15 is 0 Å². The summed E-state index contributed by atoms with van der Waals surface area (Å²) in [6.07, 6.45) is 1.69. The quantitative estimate of drug-likeness (QED) is 0.947. The Balaban J connectivity index is 1.99. The van der Waals surface area contributed by atoms with Crippen LogP contribution in [0.1, 0.15) is 30.6 Å². The Labute approximate surface area is 127 Å².